The molecule has 0 aliphatic heterocycles. The molecule has 0 aromatic carbocycles. The summed E-state index contributed by atoms with van der Waals surface area (Å²) < 4.78 is 0. The second kappa shape index (κ2) is 8.12. The zero-order chi connectivity index (χ0) is 21.0. The van der Waals surface area contributed by atoms with Crippen LogP contribution in [-0.2, 0) is 0 Å². The summed E-state index contributed by atoms with van der Waals surface area (Å²) in [4.78, 5) is 0. The average Bonchev–Trinajstić information content (AvgIpc) is 2.93. The van der Waals surface area contributed by atoms with E-state index in [9.17, 15) is 10.2 Å². The molecule has 168 valence electrons. The summed E-state index contributed by atoms with van der Waals surface area (Å²) in [6.45, 7) is 12.3. The van der Waals surface area contributed by atoms with Crippen molar-refractivity contribution in [2.24, 2.45) is 52.3 Å². The first-order valence-electron chi connectivity index (χ1n) is 13.0. The number of hydrogen-bond acceptors (Lipinski definition) is 2. The lowest BCUT2D eigenvalue weighted by molar-refractivity contribution is -0.142. The van der Waals surface area contributed by atoms with Crippen LogP contribution in [0.4, 0.5) is 0 Å². The van der Waals surface area contributed by atoms with Gasteiger partial charge in [-0.2, -0.15) is 0 Å². The molecule has 2 unspecified atom stereocenters. The van der Waals surface area contributed by atoms with Crippen molar-refractivity contribution in [3.63, 3.8) is 0 Å². The number of fused-ring (bicyclic) bond motifs is 5. The number of hydrogen-bond donors (Lipinski definition) is 2. The van der Waals surface area contributed by atoms with E-state index in [1.54, 1.807) is 0 Å². The topological polar surface area (TPSA) is 40.5 Å². The van der Waals surface area contributed by atoms with Gasteiger partial charge in [0.1, 0.15) is 0 Å². The fourth-order valence-corrected chi connectivity index (χ4v) is 9.28. The molecule has 4 fully saturated rings. The smallest absolute Gasteiger partial charge is 0.0579 e. The zero-order valence-electron chi connectivity index (χ0n) is 19.9. The average molecular weight is 405 g/mol. The van der Waals surface area contributed by atoms with E-state index in [1.807, 2.05) is 0 Å². The molecule has 0 spiro atoms. The Morgan fingerprint density at radius 2 is 1.59 bits per heavy atom. The molecule has 0 saturated heterocycles. The predicted octanol–water partition coefficient (Wildman–Crippen LogP) is 6.44. The molecule has 0 heterocycles. The van der Waals surface area contributed by atoms with Gasteiger partial charge in [-0.15, -0.1) is 0 Å². The van der Waals surface area contributed by atoms with Gasteiger partial charge in [0, 0.05) is 0 Å². The van der Waals surface area contributed by atoms with Crippen LogP contribution >= 0.6 is 0 Å². The van der Waals surface area contributed by atoms with E-state index in [2.05, 4.69) is 34.6 Å². The molecule has 2 nitrogen and oxygen atoms in total. The number of rotatable bonds is 5. The van der Waals surface area contributed by atoms with Crippen LogP contribution in [-0.4, -0.2) is 22.4 Å². The molecule has 0 aromatic rings. The highest BCUT2D eigenvalue weighted by Gasteiger charge is 2.63. The van der Waals surface area contributed by atoms with E-state index in [-0.39, 0.29) is 12.2 Å². The summed E-state index contributed by atoms with van der Waals surface area (Å²) >= 11 is 0. The summed E-state index contributed by atoms with van der Waals surface area (Å²) in [6.07, 6.45) is 13.4. The maximum absolute atomic E-state index is 11.3. The fraction of sp³-hybridized carbons (Fsp3) is 1.00. The van der Waals surface area contributed by atoms with Gasteiger partial charge >= 0.3 is 0 Å². The maximum atomic E-state index is 11.3. The third-order valence-electron chi connectivity index (χ3n) is 10.8. The molecule has 0 bridgehead atoms. The molecule has 0 amide bonds. The second-order valence-corrected chi connectivity index (χ2v) is 12.8. The minimum absolute atomic E-state index is 0.0633. The van der Waals surface area contributed by atoms with Crippen LogP contribution < -0.4 is 0 Å². The lowest BCUT2D eigenvalue weighted by Gasteiger charge is -2.61. The molecule has 4 aliphatic carbocycles. The van der Waals surface area contributed by atoms with Crippen molar-refractivity contribution < 1.29 is 10.2 Å². The number of aliphatic hydroxyl groups is 2. The van der Waals surface area contributed by atoms with Crippen LogP contribution in [0.1, 0.15) is 105 Å². The molecule has 2 N–H and O–H groups in total. The van der Waals surface area contributed by atoms with Crippen molar-refractivity contribution in [3.05, 3.63) is 0 Å². The third-order valence-corrected chi connectivity index (χ3v) is 10.8. The van der Waals surface area contributed by atoms with Gasteiger partial charge in [-0.25, -0.2) is 0 Å². The summed E-state index contributed by atoms with van der Waals surface area (Å²) in [6, 6.07) is 0. The van der Waals surface area contributed by atoms with E-state index in [0.717, 1.165) is 37.0 Å². The minimum Gasteiger partial charge on any atom is -0.393 e. The van der Waals surface area contributed by atoms with Crippen LogP contribution in [0.2, 0.25) is 0 Å². The molecule has 2 heteroatoms. The van der Waals surface area contributed by atoms with Gasteiger partial charge in [0.15, 0.2) is 0 Å². The second-order valence-electron chi connectivity index (χ2n) is 12.8. The lowest BCUT2D eigenvalue weighted by Crippen LogP contribution is -2.55. The van der Waals surface area contributed by atoms with Crippen molar-refractivity contribution in [2.45, 2.75) is 117 Å². The van der Waals surface area contributed by atoms with Crippen molar-refractivity contribution in [2.75, 3.05) is 0 Å². The third kappa shape index (κ3) is 3.73. The van der Waals surface area contributed by atoms with Gasteiger partial charge in [0.2, 0.25) is 0 Å². The monoisotopic (exact) mass is 404 g/mol. The normalized spacial score (nSPS) is 50.7. The first-order valence-corrected chi connectivity index (χ1v) is 13.0. The molecule has 0 aromatic heterocycles. The highest BCUT2D eigenvalue weighted by atomic mass is 16.3. The Hall–Kier alpha value is -0.0800. The highest BCUT2D eigenvalue weighted by Crippen LogP contribution is 2.68. The SMILES string of the molecule is CC(C)CCCC(C)[C@H]1C[C@H](O)[C@H]2[C@@H]3CCC4C[C@@H](O)CC[C@]4(C)[C@H]3CC[C@@]21C. The summed E-state index contributed by atoms with van der Waals surface area (Å²) in [5.74, 6) is 4.97. The summed E-state index contributed by atoms with van der Waals surface area (Å²) in [5, 5.41) is 21.6. The predicted molar refractivity (Wildman–Crippen MR) is 120 cm³/mol. The van der Waals surface area contributed by atoms with Crippen LogP contribution in [0.5, 0.6) is 0 Å². The largest absolute Gasteiger partial charge is 0.393 e. The Balaban J connectivity index is 1.51. The van der Waals surface area contributed by atoms with Crippen LogP contribution in [0, 0.1) is 52.3 Å². The molecule has 0 radical (unpaired) electrons. The molecule has 10 atom stereocenters. The maximum Gasteiger partial charge on any atom is 0.0579 e. The quantitative estimate of drug-likeness (QED) is 0.553. The van der Waals surface area contributed by atoms with E-state index in [0.29, 0.717) is 34.5 Å². The van der Waals surface area contributed by atoms with Crippen LogP contribution in [0.25, 0.3) is 0 Å². The first-order chi connectivity index (χ1) is 13.7. The van der Waals surface area contributed by atoms with Gasteiger partial charge in [-0.3, -0.25) is 0 Å². The standard InChI is InChI=1S/C27H48O2/c1-17(2)7-6-8-18(3)23-16-24(29)25-21-10-9-19-15-20(28)11-13-26(19,4)22(21)12-14-27(23,25)5/h17-25,28-29H,6-16H2,1-5H3/t18?,19?,20-,21+,22-,23+,24-,25+,26-,27+/m0/s1. The van der Waals surface area contributed by atoms with E-state index < -0.39 is 0 Å². The molecule has 29 heavy (non-hydrogen) atoms. The first kappa shape index (κ1) is 22.1. The minimum atomic E-state index is -0.0836. The van der Waals surface area contributed by atoms with Gasteiger partial charge < -0.3 is 10.2 Å². The van der Waals surface area contributed by atoms with E-state index >= 15 is 0 Å². The van der Waals surface area contributed by atoms with Gasteiger partial charge in [0.05, 0.1) is 12.2 Å². The van der Waals surface area contributed by atoms with E-state index in [1.165, 1.54) is 51.4 Å². The van der Waals surface area contributed by atoms with Crippen molar-refractivity contribution in [3.8, 4) is 0 Å². The van der Waals surface area contributed by atoms with Crippen LogP contribution in [0.15, 0.2) is 0 Å². The highest BCUT2D eigenvalue weighted by molar-refractivity contribution is 5.12. The Morgan fingerprint density at radius 1 is 0.862 bits per heavy atom. The van der Waals surface area contributed by atoms with E-state index in [4.69, 9.17) is 0 Å². The lowest BCUT2D eigenvalue weighted by atomic mass is 9.44. The number of aliphatic hydroxyl groups excluding tert-OH is 2. The Morgan fingerprint density at radius 3 is 2.31 bits per heavy atom. The van der Waals surface area contributed by atoms with Gasteiger partial charge in [-0.1, -0.05) is 53.9 Å². The van der Waals surface area contributed by atoms with Crippen molar-refractivity contribution in [1.82, 2.24) is 0 Å². The molecule has 4 aliphatic rings. The molecule has 4 saturated carbocycles. The van der Waals surface area contributed by atoms with Gasteiger partial charge in [-0.05, 0) is 104 Å². The molecular weight excluding hydrogens is 356 g/mol. The Kier molecular flexibility index (Phi) is 6.19. The summed E-state index contributed by atoms with van der Waals surface area (Å²) in [7, 11) is 0. The van der Waals surface area contributed by atoms with Crippen LogP contribution in [0.3, 0.4) is 0 Å². The summed E-state index contributed by atoms with van der Waals surface area (Å²) in [5.41, 5.74) is 0.749. The van der Waals surface area contributed by atoms with Crippen molar-refractivity contribution >= 4 is 0 Å². The Bertz CT molecular complexity index is 573. The van der Waals surface area contributed by atoms with Gasteiger partial charge in [0.25, 0.3) is 0 Å². The molecular formula is C27H48O2. The fourth-order valence-electron chi connectivity index (χ4n) is 9.28. The van der Waals surface area contributed by atoms with Crippen molar-refractivity contribution in [1.29, 1.82) is 0 Å². The zero-order valence-corrected chi connectivity index (χ0v) is 19.9. The Labute approximate surface area is 180 Å². The molecule has 4 rings (SSSR count).